The minimum Gasteiger partial charge on any atom is -0.316 e. The van der Waals surface area contributed by atoms with Gasteiger partial charge in [0.25, 0.3) is 0 Å². The Balaban J connectivity index is 2.85. The maximum absolute atomic E-state index is 6.49. The molecule has 3 heteroatoms. The Bertz CT molecular complexity index is 95.7. The second-order valence-electron chi connectivity index (χ2n) is 1.85. The normalized spacial score (nSPS) is 9.56. The van der Waals surface area contributed by atoms with Crippen molar-refractivity contribution in [1.29, 1.82) is 0 Å². The highest BCUT2D eigenvalue weighted by molar-refractivity contribution is 8.76. The van der Waals surface area contributed by atoms with Gasteiger partial charge < -0.3 is 4.85 Å². The molecule has 0 amide bonds. The molecule has 0 bridgehead atoms. The highest BCUT2D eigenvalue weighted by Gasteiger charge is 1.94. The van der Waals surface area contributed by atoms with E-state index in [-0.39, 0.29) is 0 Å². The lowest BCUT2D eigenvalue weighted by Gasteiger charge is -1.98. The van der Waals surface area contributed by atoms with Crippen LogP contribution in [0.25, 0.3) is 4.85 Å². The van der Waals surface area contributed by atoms with E-state index in [1.54, 1.807) is 10.8 Å². The van der Waals surface area contributed by atoms with Gasteiger partial charge in [-0.1, -0.05) is 35.4 Å². The van der Waals surface area contributed by atoms with Crippen molar-refractivity contribution in [2.24, 2.45) is 0 Å². The molecule has 0 atom stereocenters. The molecule has 0 fully saturated rings. The van der Waals surface area contributed by atoms with Crippen LogP contribution in [0.5, 0.6) is 0 Å². The summed E-state index contributed by atoms with van der Waals surface area (Å²) in [4.78, 5) is 3.25. The van der Waals surface area contributed by atoms with E-state index in [0.717, 1.165) is 5.75 Å². The lowest BCUT2D eigenvalue weighted by atomic mass is 10.6. The van der Waals surface area contributed by atoms with Crippen molar-refractivity contribution in [2.75, 3.05) is 12.3 Å². The predicted molar refractivity (Wildman–Crippen MR) is 46.7 cm³/mol. The van der Waals surface area contributed by atoms with Gasteiger partial charge in [0, 0.05) is 5.25 Å². The first-order valence-electron chi connectivity index (χ1n) is 2.89. The third kappa shape index (κ3) is 8.19. The van der Waals surface area contributed by atoms with E-state index in [9.17, 15) is 0 Å². The predicted octanol–water partition coefficient (Wildman–Crippen LogP) is 2.70. The van der Waals surface area contributed by atoms with Crippen LogP contribution in [0.3, 0.4) is 0 Å². The van der Waals surface area contributed by atoms with Crippen molar-refractivity contribution in [1.82, 2.24) is 0 Å². The number of hydrogen-bond donors (Lipinski definition) is 0. The van der Waals surface area contributed by atoms with E-state index >= 15 is 0 Å². The molecule has 0 heterocycles. The molecule has 0 saturated heterocycles. The third-order valence-corrected chi connectivity index (χ3v) is 3.48. The van der Waals surface area contributed by atoms with Gasteiger partial charge in [0.2, 0.25) is 6.54 Å². The summed E-state index contributed by atoms with van der Waals surface area (Å²) in [7, 11) is 3.63. The lowest BCUT2D eigenvalue weighted by Crippen LogP contribution is -1.84. The molecular formula is C6H11NS2. The largest absolute Gasteiger partial charge is 0.316 e. The van der Waals surface area contributed by atoms with Gasteiger partial charge in [-0.05, 0) is 0 Å². The SMILES string of the molecule is [C-]#[N+]CCSSC(C)C. The summed E-state index contributed by atoms with van der Waals surface area (Å²) in [5.74, 6) is 0.965. The standard InChI is InChI=1S/C6H11NS2/c1-6(2)9-8-5-4-7-3/h6H,4-5H2,1-2H3. The number of nitrogens with zero attached hydrogens (tertiary/aromatic N) is 1. The molecule has 0 aromatic carbocycles. The lowest BCUT2D eigenvalue weighted by molar-refractivity contribution is 1.12. The maximum atomic E-state index is 6.49. The molecule has 0 aliphatic heterocycles. The average molecular weight is 161 g/mol. The average Bonchev–Trinajstić information content (AvgIpc) is 1.80. The quantitative estimate of drug-likeness (QED) is 0.355. The monoisotopic (exact) mass is 161 g/mol. The van der Waals surface area contributed by atoms with Crippen LogP contribution >= 0.6 is 21.6 Å². The minimum absolute atomic E-state index is 0.657. The van der Waals surface area contributed by atoms with Gasteiger partial charge in [-0.15, -0.1) is 0 Å². The zero-order valence-electron chi connectivity index (χ0n) is 5.76. The summed E-state index contributed by atoms with van der Waals surface area (Å²) < 4.78 is 0. The van der Waals surface area contributed by atoms with E-state index in [0.29, 0.717) is 11.8 Å². The van der Waals surface area contributed by atoms with Crippen molar-refractivity contribution < 1.29 is 0 Å². The van der Waals surface area contributed by atoms with Crippen molar-refractivity contribution >= 4 is 21.6 Å². The van der Waals surface area contributed by atoms with E-state index in [2.05, 4.69) is 18.7 Å². The van der Waals surface area contributed by atoms with Gasteiger partial charge in [0.05, 0.1) is 5.75 Å². The zero-order valence-corrected chi connectivity index (χ0v) is 7.39. The second-order valence-corrected chi connectivity index (χ2v) is 4.91. The van der Waals surface area contributed by atoms with E-state index in [1.807, 2.05) is 10.8 Å². The molecule has 1 nitrogen and oxygen atoms in total. The molecule has 0 N–H and O–H groups in total. The molecule has 0 aromatic heterocycles. The first kappa shape index (κ1) is 9.19. The van der Waals surface area contributed by atoms with Crippen molar-refractivity contribution in [3.63, 3.8) is 0 Å². The van der Waals surface area contributed by atoms with Gasteiger partial charge in [-0.2, -0.15) is 0 Å². The van der Waals surface area contributed by atoms with Gasteiger partial charge in [-0.25, -0.2) is 6.57 Å². The summed E-state index contributed by atoms with van der Waals surface area (Å²) in [5, 5.41) is 0.681. The molecule has 9 heavy (non-hydrogen) atoms. The van der Waals surface area contributed by atoms with Crippen molar-refractivity contribution in [2.45, 2.75) is 19.1 Å². The highest BCUT2D eigenvalue weighted by Crippen LogP contribution is 2.25. The van der Waals surface area contributed by atoms with Crippen molar-refractivity contribution in [3.05, 3.63) is 11.4 Å². The Kier molecular flexibility index (Phi) is 6.45. The Labute approximate surface area is 64.8 Å². The number of rotatable bonds is 4. The van der Waals surface area contributed by atoms with E-state index in [4.69, 9.17) is 6.57 Å². The summed E-state index contributed by atoms with van der Waals surface area (Å²) >= 11 is 0. The Hall–Kier alpha value is 0.190. The molecule has 0 saturated carbocycles. The molecule has 0 spiro atoms. The summed E-state index contributed by atoms with van der Waals surface area (Å²) in [5.41, 5.74) is 0. The first-order chi connectivity index (χ1) is 4.27. The van der Waals surface area contributed by atoms with Crippen LogP contribution in [-0.4, -0.2) is 17.5 Å². The fourth-order valence-electron chi connectivity index (χ4n) is 0.267. The fourth-order valence-corrected chi connectivity index (χ4v) is 2.13. The first-order valence-corrected chi connectivity index (χ1v) is 5.27. The summed E-state index contributed by atoms with van der Waals surface area (Å²) in [6, 6.07) is 0. The van der Waals surface area contributed by atoms with Gasteiger partial charge in [0.1, 0.15) is 0 Å². The molecule has 0 radical (unpaired) electrons. The minimum atomic E-state index is 0.657. The highest BCUT2D eigenvalue weighted by atomic mass is 33.1. The van der Waals surface area contributed by atoms with Crippen LogP contribution in [0.15, 0.2) is 0 Å². The van der Waals surface area contributed by atoms with E-state index < -0.39 is 0 Å². The van der Waals surface area contributed by atoms with Gasteiger partial charge in [0.15, 0.2) is 0 Å². The molecule has 0 aromatic rings. The summed E-state index contributed by atoms with van der Waals surface area (Å²) in [6.45, 7) is 11.5. The second kappa shape index (κ2) is 6.31. The number of hydrogen-bond acceptors (Lipinski definition) is 2. The van der Waals surface area contributed by atoms with Crippen LogP contribution in [-0.2, 0) is 0 Å². The molecule has 52 valence electrons. The topological polar surface area (TPSA) is 4.36 Å². The van der Waals surface area contributed by atoms with Gasteiger partial charge >= 0.3 is 0 Å². The molecular weight excluding hydrogens is 150 g/mol. The third-order valence-electron chi connectivity index (χ3n) is 0.547. The maximum Gasteiger partial charge on any atom is 0.224 e. The van der Waals surface area contributed by atoms with Crippen LogP contribution in [0, 0.1) is 6.57 Å². The van der Waals surface area contributed by atoms with Crippen LogP contribution in [0.4, 0.5) is 0 Å². The molecule has 0 rings (SSSR count). The molecule has 0 aliphatic rings. The molecule has 0 unspecified atom stereocenters. The summed E-state index contributed by atoms with van der Waals surface area (Å²) in [6.07, 6.45) is 0. The van der Waals surface area contributed by atoms with Crippen LogP contribution in [0.1, 0.15) is 13.8 Å². The fraction of sp³-hybridized carbons (Fsp3) is 0.833. The van der Waals surface area contributed by atoms with Crippen LogP contribution < -0.4 is 0 Å². The van der Waals surface area contributed by atoms with Crippen molar-refractivity contribution in [3.8, 4) is 0 Å². The zero-order chi connectivity index (χ0) is 7.11. The smallest absolute Gasteiger partial charge is 0.224 e. The Morgan fingerprint density at radius 3 is 2.67 bits per heavy atom. The van der Waals surface area contributed by atoms with Crippen LogP contribution in [0.2, 0.25) is 0 Å². The van der Waals surface area contributed by atoms with Gasteiger partial charge in [-0.3, -0.25) is 0 Å². The van der Waals surface area contributed by atoms with E-state index in [1.165, 1.54) is 0 Å². The Morgan fingerprint density at radius 2 is 2.22 bits per heavy atom. The molecule has 0 aliphatic carbocycles. The Morgan fingerprint density at radius 1 is 1.56 bits per heavy atom.